The number of nitrogens with zero attached hydrogens (tertiary/aromatic N) is 1. The number of carbonyl (C=O) groups is 1. The van der Waals surface area contributed by atoms with Gasteiger partial charge in [0.05, 0.1) is 12.3 Å². The van der Waals surface area contributed by atoms with Crippen LogP contribution in [0.15, 0.2) is 24.3 Å². The summed E-state index contributed by atoms with van der Waals surface area (Å²) in [5.74, 6) is -0.101. The molecule has 1 heterocycles. The molecule has 0 spiro atoms. The Morgan fingerprint density at radius 1 is 1.17 bits per heavy atom. The maximum absolute atomic E-state index is 12.4. The number of aromatic nitrogens is 1. The van der Waals surface area contributed by atoms with Gasteiger partial charge in [0.1, 0.15) is 0 Å². The number of thiazole rings is 1. The molecule has 1 aromatic carbocycles. The second kappa shape index (κ2) is 7.70. The molecule has 0 unspecified atom stereocenters. The third-order valence-corrected chi connectivity index (χ3v) is 5.17. The standard InChI is InChI=1S/C18H22N2O2S/c1-22-12-13-8-10-14(11-9-13)17(21)20-18-19-15-6-4-2-3-5-7-16(15)23-18/h8-11H,2-7,12H2,1H3,(H,19,20,21). The first-order valence-electron chi connectivity index (χ1n) is 8.14. The number of nitrogens with one attached hydrogen (secondary N) is 1. The Balaban J connectivity index is 1.68. The number of hydrogen-bond donors (Lipinski definition) is 1. The maximum atomic E-state index is 12.4. The van der Waals surface area contributed by atoms with Crippen LogP contribution in [-0.4, -0.2) is 18.0 Å². The fourth-order valence-electron chi connectivity index (χ4n) is 2.85. The summed E-state index contributed by atoms with van der Waals surface area (Å²) >= 11 is 1.63. The molecule has 0 aliphatic heterocycles. The first-order valence-corrected chi connectivity index (χ1v) is 8.96. The molecule has 0 bridgehead atoms. The van der Waals surface area contributed by atoms with Crippen molar-refractivity contribution < 1.29 is 9.53 Å². The molecule has 1 aliphatic rings. The highest BCUT2D eigenvalue weighted by molar-refractivity contribution is 7.15. The highest BCUT2D eigenvalue weighted by Crippen LogP contribution is 2.28. The Morgan fingerprint density at radius 3 is 2.65 bits per heavy atom. The quantitative estimate of drug-likeness (QED) is 0.914. The molecule has 0 radical (unpaired) electrons. The van der Waals surface area contributed by atoms with E-state index in [4.69, 9.17) is 4.74 Å². The van der Waals surface area contributed by atoms with Crippen LogP contribution in [0.3, 0.4) is 0 Å². The predicted octanol–water partition coefficient (Wildman–Crippen LogP) is 4.20. The van der Waals surface area contributed by atoms with Crippen molar-refractivity contribution in [1.29, 1.82) is 0 Å². The molecule has 2 aromatic rings. The fourth-order valence-corrected chi connectivity index (χ4v) is 3.89. The van der Waals surface area contributed by atoms with Gasteiger partial charge in [-0.3, -0.25) is 10.1 Å². The van der Waals surface area contributed by atoms with Crippen LogP contribution in [0, 0.1) is 0 Å². The van der Waals surface area contributed by atoms with Crippen molar-refractivity contribution in [3.63, 3.8) is 0 Å². The lowest BCUT2D eigenvalue weighted by atomic mass is 10.0. The first kappa shape index (κ1) is 16.1. The van der Waals surface area contributed by atoms with Crippen molar-refractivity contribution in [2.75, 3.05) is 12.4 Å². The molecular weight excluding hydrogens is 308 g/mol. The minimum Gasteiger partial charge on any atom is -0.380 e. The van der Waals surface area contributed by atoms with Gasteiger partial charge in [0.2, 0.25) is 0 Å². The number of hydrogen-bond acceptors (Lipinski definition) is 4. The van der Waals surface area contributed by atoms with Gasteiger partial charge in [0, 0.05) is 17.6 Å². The summed E-state index contributed by atoms with van der Waals surface area (Å²) in [4.78, 5) is 18.3. The zero-order valence-electron chi connectivity index (χ0n) is 13.4. The Labute approximate surface area is 140 Å². The van der Waals surface area contributed by atoms with Gasteiger partial charge in [0.15, 0.2) is 5.13 Å². The molecular formula is C18H22N2O2S. The molecule has 4 nitrogen and oxygen atoms in total. The van der Waals surface area contributed by atoms with E-state index in [2.05, 4.69) is 10.3 Å². The molecule has 1 aromatic heterocycles. The number of fused-ring (bicyclic) bond motifs is 1. The molecule has 1 aliphatic carbocycles. The summed E-state index contributed by atoms with van der Waals surface area (Å²) in [5, 5.41) is 3.67. The second-order valence-corrected chi connectivity index (χ2v) is 6.97. The topological polar surface area (TPSA) is 51.2 Å². The lowest BCUT2D eigenvalue weighted by Gasteiger charge is -2.06. The molecule has 0 saturated heterocycles. The van der Waals surface area contributed by atoms with Crippen molar-refractivity contribution >= 4 is 22.4 Å². The van der Waals surface area contributed by atoms with Gasteiger partial charge >= 0.3 is 0 Å². The van der Waals surface area contributed by atoms with Gasteiger partial charge in [-0.15, -0.1) is 11.3 Å². The zero-order chi connectivity index (χ0) is 16.1. The number of methoxy groups -OCH3 is 1. The van der Waals surface area contributed by atoms with E-state index in [0.717, 1.165) is 23.5 Å². The Morgan fingerprint density at radius 2 is 1.91 bits per heavy atom. The fraction of sp³-hybridized carbons (Fsp3) is 0.444. The summed E-state index contributed by atoms with van der Waals surface area (Å²) in [6, 6.07) is 7.49. The number of aryl methyl sites for hydroxylation is 2. The van der Waals surface area contributed by atoms with E-state index in [-0.39, 0.29) is 5.91 Å². The van der Waals surface area contributed by atoms with Gasteiger partial charge < -0.3 is 4.74 Å². The van der Waals surface area contributed by atoms with Crippen LogP contribution in [0.4, 0.5) is 5.13 Å². The van der Waals surface area contributed by atoms with Crippen LogP contribution in [0.1, 0.15) is 52.2 Å². The molecule has 1 amide bonds. The summed E-state index contributed by atoms with van der Waals surface area (Å²) in [5.41, 5.74) is 2.88. The predicted molar refractivity (Wildman–Crippen MR) is 93.1 cm³/mol. The third kappa shape index (κ3) is 4.18. The number of ether oxygens (including phenoxy) is 1. The van der Waals surface area contributed by atoms with Gasteiger partial charge in [0.25, 0.3) is 5.91 Å². The monoisotopic (exact) mass is 330 g/mol. The van der Waals surface area contributed by atoms with E-state index in [1.54, 1.807) is 18.4 Å². The Kier molecular flexibility index (Phi) is 5.41. The van der Waals surface area contributed by atoms with Crippen LogP contribution in [0.2, 0.25) is 0 Å². The van der Waals surface area contributed by atoms with Gasteiger partial charge in [-0.1, -0.05) is 25.0 Å². The summed E-state index contributed by atoms with van der Waals surface area (Å²) < 4.78 is 5.08. The van der Waals surface area contributed by atoms with E-state index < -0.39 is 0 Å². The van der Waals surface area contributed by atoms with Crippen LogP contribution < -0.4 is 5.32 Å². The van der Waals surface area contributed by atoms with Crippen molar-refractivity contribution in [3.05, 3.63) is 46.0 Å². The molecule has 23 heavy (non-hydrogen) atoms. The normalized spacial score (nSPS) is 14.7. The highest BCUT2D eigenvalue weighted by Gasteiger charge is 2.15. The van der Waals surface area contributed by atoms with E-state index in [1.807, 2.05) is 24.3 Å². The highest BCUT2D eigenvalue weighted by atomic mass is 32.1. The second-order valence-electron chi connectivity index (χ2n) is 5.89. The van der Waals surface area contributed by atoms with Crippen LogP contribution >= 0.6 is 11.3 Å². The van der Waals surface area contributed by atoms with Crippen molar-refractivity contribution in [2.45, 2.75) is 45.1 Å². The van der Waals surface area contributed by atoms with Gasteiger partial charge in [-0.25, -0.2) is 4.98 Å². The van der Waals surface area contributed by atoms with Crippen LogP contribution in [0.5, 0.6) is 0 Å². The van der Waals surface area contributed by atoms with E-state index in [1.165, 1.54) is 36.3 Å². The number of rotatable bonds is 4. The summed E-state index contributed by atoms with van der Waals surface area (Å²) in [7, 11) is 1.66. The average Bonchev–Trinajstić information content (AvgIpc) is 2.89. The number of amides is 1. The lowest BCUT2D eigenvalue weighted by molar-refractivity contribution is 0.102. The average molecular weight is 330 g/mol. The molecule has 122 valence electrons. The third-order valence-electron chi connectivity index (χ3n) is 4.09. The zero-order valence-corrected chi connectivity index (χ0v) is 14.2. The molecule has 1 N–H and O–H groups in total. The largest absolute Gasteiger partial charge is 0.380 e. The molecule has 0 atom stereocenters. The maximum Gasteiger partial charge on any atom is 0.257 e. The minimum absolute atomic E-state index is 0.101. The lowest BCUT2D eigenvalue weighted by Crippen LogP contribution is -2.11. The summed E-state index contributed by atoms with van der Waals surface area (Å²) in [6.45, 7) is 0.557. The molecule has 5 heteroatoms. The summed E-state index contributed by atoms with van der Waals surface area (Å²) in [6.07, 6.45) is 7.13. The SMILES string of the molecule is COCc1ccc(C(=O)Nc2nc3c(s2)CCCCCC3)cc1. The van der Waals surface area contributed by atoms with Crippen molar-refractivity contribution in [3.8, 4) is 0 Å². The molecule has 0 saturated carbocycles. The minimum atomic E-state index is -0.101. The van der Waals surface area contributed by atoms with E-state index in [0.29, 0.717) is 12.2 Å². The smallest absolute Gasteiger partial charge is 0.257 e. The van der Waals surface area contributed by atoms with E-state index >= 15 is 0 Å². The molecule has 3 rings (SSSR count). The first-order chi connectivity index (χ1) is 11.3. The van der Waals surface area contributed by atoms with Crippen LogP contribution in [0.25, 0.3) is 0 Å². The Hall–Kier alpha value is -1.72. The Bertz CT molecular complexity index is 639. The van der Waals surface area contributed by atoms with Gasteiger partial charge in [-0.05, 0) is 43.4 Å². The number of anilines is 1. The van der Waals surface area contributed by atoms with Crippen molar-refractivity contribution in [2.24, 2.45) is 0 Å². The van der Waals surface area contributed by atoms with E-state index in [9.17, 15) is 4.79 Å². The molecule has 0 fully saturated rings. The van der Waals surface area contributed by atoms with Crippen LogP contribution in [-0.2, 0) is 24.2 Å². The number of benzene rings is 1. The van der Waals surface area contributed by atoms with Crippen molar-refractivity contribution in [1.82, 2.24) is 4.98 Å². The van der Waals surface area contributed by atoms with Gasteiger partial charge in [-0.2, -0.15) is 0 Å². The number of carbonyl (C=O) groups excluding carboxylic acids is 1.